The lowest BCUT2D eigenvalue weighted by atomic mass is 10.1. The third-order valence-corrected chi connectivity index (χ3v) is 2.13. The molecular formula is C11H15F2N. The molecule has 1 N–H and O–H groups in total. The monoisotopic (exact) mass is 199 g/mol. The first-order valence-electron chi connectivity index (χ1n) is 4.83. The molecule has 1 aromatic rings. The molecule has 0 saturated heterocycles. The third-order valence-electron chi connectivity index (χ3n) is 2.13. The molecule has 0 radical (unpaired) electrons. The zero-order valence-corrected chi connectivity index (χ0v) is 8.48. The van der Waals surface area contributed by atoms with E-state index >= 15 is 0 Å². The van der Waals surface area contributed by atoms with Gasteiger partial charge < -0.3 is 5.32 Å². The van der Waals surface area contributed by atoms with E-state index in [2.05, 4.69) is 5.32 Å². The maximum Gasteiger partial charge on any atom is 0.130 e. The van der Waals surface area contributed by atoms with Crippen molar-refractivity contribution in [3.05, 3.63) is 35.4 Å². The van der Waals surface area contributed by atoms with Gasteiger partial charge in [-0.1, -0.05) is 13.0 Å². The Bertz CT molecular complexity index is 299. The minimum absolute atomic E-state index is 0.0736. The molecule has 1 aromatic carbocycles. The van der Waals surface area contributed by atoms with E-state index in [1.165, 1.54) is 12.1 Å². The number of nitrogens with one attached hydrogen (secondary N) is 1. The molecule has 0 spiro atoms. The van der Waals surface area contributed by atoms with Gasteiger partial charge in [-0.15, -0.1) is 0 Å². The van der Waals surface area contributed by atoms with Crippen molar-refractivity contribution in [1.29, 1.82) is 0 Å². The lowest BCUT2D eigenvalue weighted by molar-refractivity contribution is 0.517. The molecule has 78 valence electrons. The molecule has 0 fully saturated rings. The highest BCUT2D eigenvalue weighted by atomic mass is 19.1. The predicted molar refractivity (Wildman–Crippen MR) is 53.1 cm³/mol. The average Bonchev–Trinajstić information content (AvgIpc) is 2.14. The van der Waals surface area contributed by atoms with Crippen molar-refractivity contribution < 1.29 is 8.78 Å². The number of hydrogen-bond donors (Lipinski definition) is 1. The van der Waals surface area contributed by atoms with Gasteiger partial charge in [0.2, 0.25) is 0 Å². The van der Waals surface area contributed by atoms with Crippen LogP contribution in [0.4, 0.5) is 8.78 Å². The number of benzene rings is 1. The van der Waals surface area contributed by atoms with Gasteiger partial charge in [0.15, 0.2) is 0 Å². The second-order valence-corrected chi connectivity index (χ2v) is 3.34. The van der Waals surface area contributed by atoms with Crippen molar-refractivity contribution in [1.82, 2.24) is 5.32 Å². The summed E-state index contributed by atoms with van der Waals surface area (Å²) in [6.07, 6.45) is 0.993. The van der Waals surface area contributed by atoms with Crippen molar-refractivity contribution in [2.24, 2.45) is 0 Å². The lowest BCUT2D eigenvalue weighted by Gasteiger charge is -2.14. The lowest BCUT2D eigenvalue weighted by Crippen LogP contribution is -2.20. The van der Waals surface area contributed by atoms with Crippen LogP contribution in [0.3, 0.4) is 0 Å². The van der Waals surface area contributed by atoms with E-state index in [0.29, 0.717) is 5.56 Å². The first-order chi connectivity index (χ1) is 6.65. The Labute approximate surface area is 83.1 Å². The Morgan fingerprint density at radius 3 is 2.64 bits per heavy atom. The van der Waals surface area contributed by atoms with E-state index < -0.39 is 11.6 Å². The van der Waals surface area contributed by atoms with Crippen molar-refractivity contribution in [2.75, 3.05) is 6.54 Å². The molecule has 0 amide bonds. The second-order valence-electron chi connectivity index (χ2n) is 3.34. The Hall–Kier alpha value is -0.960. The highest BCUT2D eigenvalue weighted by Gasteiger charge is 2.10. The van der Waals surface area contributed by atoms with Crippen LogP contribution in [0.25, 0.3) is 0 Å². The summed E-state index contributed by atoms with van der Waals surface area (Å²) in [5.41, 5.74) is 0.514. The van der Waals surface area contributed by atoms with Crippen LogP contribution in [0.5, 0.6) is 0 Å². The van der Waals surface area contributed by atoms with Gasteiger partial charge >= 0.3 is 0 Å². The molecule has 0 aromatic heterocycles. The van der Waals surface area contributed by atoms with Crippen LogP contribution in [-0.4, -0.2) is 6.54 Å². The molecule has 0 bridgehead atoms. The molecule has 1 atom stereocenters. The second kappa shape index (κ2) is 5.05. The Kier molecular flexibility index (Phi) is 4.01. The van der Waals surface area contributed by atoms with Crippen LogP contribution in [0, 0.1) is 11.6 Å². The predicted octanol–water partition coefficient (Wildman–Crippen LogP) is 3.03. The molecule has 0 unspecified atom stereocenters. The standard InChI is InChI=1S/C11H15F2N/c1-3-6-14-8(2)10-5-4-9(12)7-11(10)13/h4-5,7-8,14H,3,6H2,1-2H3/t8-/m0/s1. The summed E-state index contributed by atoms with van der Waals surface area (Å²) in [5.74, 6) is -1.02. The van der Waals surface area contributed by atoms with Gasteiger partial charge in [0.25, 0.3) is 0 Å². The minimum Gasteiger partial charge on any atom is -0.310 e. The van der Waals surface area contributed by atoms with Gasteiger partial charge in [0, 0.05) is 17.7 Å². The Balaban J connectivity index is 2.74. The van der Waals surface area contributed by atoms with E-state index in [1.54, 1.807) is 0 Å². The maximum atomic E-state index is 13.2. The summed E-state index contributed by atoms with van der Waals surface area (Å²) in [7, 11) is 0. The van der Waals surface area contributed by atoms with E-state index in [-0.39, 0.29) is 6.04 Å². The molecule has 0 aliphatic heterocycles. The van der Waals surface area contributed by atoms with Crippen LogP contribution < -0.4 is 5.32 Å². The Morgan fingerprint density at radius 2 is 2.07 bits per heavy atom. The van der Waals surface area contributed by atoms with E-state index in [1.807, 2.05) is 13.8 Å². The van der Waals surface area contributed by atoms with E-state index in [9.17, 15) is 8.78 Å². The topological polar surface area (TPSA) is 12.0 Å². The average molecular weight is 199 g/mol. The smallest absolute Gasteiger partial charge is 0.130 e. The third kappa shape index (κ3) is 2.77. The van der Waals surface area contributed by atoms with Gasteiger partial charge in [-0.2, -0.15) is 0 Å². The van der Waals surface area contributed by atoms with Gasteiger partial charge in [-0.3, -0.25) is 0 Å². The largest absolute Gasteiger partial charge is 0.310 e. The maximum absolute atomic E-state index is 13.2. The van der Waals surface area contributed by atoms with Crippen LogP contribution in [-0.2, 0) is 0 Å². The van der Waals surface area contributed by atoms with Gasteiger partial charge in [-0.25, -0.2) is 8.78 Å². The normalized spacial score (nSPS) is 12.9. The molecule has 0 saturated carbocycles. The summed E-state index contributed by atoms with van der Waals surface area (Å²) < 4.78 is 25.9. The Morgan fingerprint density at radius 1 is 1.36 bits per heavy atom. The van der Waals surface area contributed by atoms with Crippen molar-refractivity contribution in [2.45, 2.75) is 26.3 Å². The minimum atomic E-state index is -0.533. The summed E-state index contributed by atoms with van der Waals surface area (Å²) in [6, 6.07) is 3.61. The van der Waals surface area contributed by atoms with Crippen molar-refractivity contribution in [3.63, 3.8) is 0 Å². The molecule has 1 nitrogen and oxygen atoms in total. The van der Waals surface area contributed by atoms with Crippen LogP contribution in [0.2, 0.25) is 0 Å². The van der Waals surface area contributed by atoms with Crippen LogP contribution >= 0.6 is 0 Å². The molecule has 0 heterocycles. The fourth-order valence-electron chi connectivity index (χ4n) is 1.32. The first kappa shape index (κ1) is 11.1. The fourth-order valence-corrected chi connectivity index (χ4v) is 1.32. The fraction of sp³-hybridized carbons (Fsp3) is 0.455. The first-order valence-corrected chi connectivity index (χ1v) is 4.83. The van der Waals surface area contributed by atoms with Crippen molar-refractivity contribution in [3.8, 4) is 0 Å². The van der Waals surface area contributed by atoms with Gasteiger partial charge in [0.1, 0.15) is 11.6 Å². The van der Waals surface area contributed by atoms with Gasteiger partial charge in [-0.05, 0) is 26.0 Å². The number of rotatable bonds is 4. The molecule has 1 rings (SSSR count). The van der Waals surface area contributed by atoms with E-state index in [0.717, 1.165) is 19.0 Å². The number of halogens is 2. The zero-order valence-electron chi connectivity index (χ0n) is 8.48. The van der Waals surface area contributed by atoms with Crippen LogP contribution in [0.15, 0.2) is 18.2 Å². The molecule has 0 aliphatic rings. The number of hydrogen-bond acceptors (Lipinski definition) is 1. The summed E-state index contributed by atoms with van der Waals surface area (Å²) >= 11 is 0. The SMILES string of the molecule is CCCN[C@@H](C)c1ccc(F)cc1F. The zero-order chi connectivity index (χ0) is 10.6. The highest BCUT2D eigenvalue weighted by molar-refractivity contribution is 5.21. The van der Waals surface area contributed by atoms with Crippen molar-refractivity contribution >= 4 is 0 Å². The van der Waals surface area contributed by atoms with Gasteiger partial charge in [0.05, 0.1) is 0 Å². The summed E-state index contributed by atoms with van der Waals surface area (Å²) in [5, 5.41) is 3.15. The highest BCUT2D eigenvalue weighted by Crippen LogP contribution is 2.17. The van der Waals surface area contributed by atoms with Crippen LogP contribution in [0.1, 0.15) is 31.9 Å². The molecular weight excluding hydrogens is 184 g/mol. The molecule has 0 aliphatic carbocycles. The quantitative estimate of drug-likeness (QED) is 0.786. The molecule has 14 heavy (non-hydrogen) atoms. The molecule has 3 heteroatoms. The summed E-state index contributed by atoms with van der Waals surface area (Å²) in [6.45, 7) is 4.74. The van der Waals surface area contributed by atoms with E-state index in [4.69, 9.17) is 0 Å². The summed E-state index contributed by atoms with van der Waals surface area (Å²) in [4.78, 5) is 0.